The molecule has 3 aliphatic rings. The van der Waals surface area contributed by atoms with E-state index in [1.165, 1.54) is 161 Å². The Bertz CT molecular complexity index is 990. The third kappa shape index (κ3) is 7.36. The predicted octanol–water partition coefficient (Wildman–Crippen LogP) is 14.9. The second kappa shape index (κ2) is 17.9. The van der Waals surface area contributed by atoms with E-state index in [1.54, 1.807) is 5.56 Å². The zero-order chi connectivity index (χ0) is 32.2. The van der Waals surface area contributed by atoms with E-state index in [4.69, 9.17) is 0 Å². The molecule has 4 unspecified atom stereocenters. The summed E-state index contributed by atoms with van der Waals surface area (Å²) in [6.07, 6.45) is 35.4. The highest BCUT2D eigenvalue weighted by Crippen LogP contribution is 2.77. The molecule has 0 N–H and O–H groups in total. The first kappa shape index (κ1) is 36.8. The van der Waals surface area contributed by atoms with Gasteiger partial charge in [-0.25, -0.2) is 0 Å². The third-order valence-electron chi connectivity index (χ3n) is 14.2. The normalized spacial score (nSPS) is 30.0. The van der Waals surface area contributed by atoms with Crippen molar-refractivity contribution in [3.05, 3.63) is 47.0 Å². The summed E-state index contributed by atoms with van der Waals surface area (Å²) >= 11 is 0. The van der Waals surface area contributed by atoms with Crippen molar-refractivity contribution in [2.45, 2.75) is 202 Å². The zero-order valence-corrected chi connectivity index (χ0v) is 31.3. The average Bonchev–Trinajstić information content (AvgIpc) is 3.62. The van der Waals surface area contributed by atoms with Crippen LogP contribution in [0.3, 0.4) is 0 Å². The monoisotopic (exact) mass is 617 g/mol. The molecule has 0 radical (unpaired) electrons. The predicted molar refractivity (Wildman–Crippen MR) is 200 cm³/mol. The molecule has 0 saturated heterocycles. The number of benzene rings is 1. The molecule has 1 aromatic carbocycles. The summed E-state index contributed by atoms with van der Waals surface area (Å²) in [6, 6.07) is 12.0. The Morgan fingerprint density at radius 3 is 1.87 bits per heavy atom. The van der Waals surface area contributed by atoms with Gasteiger partial charge in [-0.15, -0.1) is 0 Å². The maximum atomic E-state index is 2.98. The van der Waals surface area contributed by atoms with Gasteiger partial charge in [-0.1, -0.05) is 166 Å². The third-order valence-corrected chi connectivity index (χ3v) is 14.2. The first-order valence-corrected chi connectivity index (χ1v) is 20.8. The minimum atomic E-state index is 0.286. The van der Waals surface area contributed by atoms with Crippen LogP contribution in [0.2, 0.25) is 0 Å². The molecule has 0 nitrogen and oxygen atoms in total. The number of allylic oxidation sites excluding steroid dienone is 2. The smallest absolute Gasteiger partial charge is 0.00193 e. The maximum Gasteiger partial charge on any atom is 0.00193 e. The molecule has 4 atom stereocenters. The Balaban J connectivity index is 2.10. The molecule has 0 spiro atoms. The number of hydrogen-bond donors (Lipinski definition) is 0. The van der Waals surface area contributed by atoms with Crippen LogP contribution in [0, 0.1) is 34.0 Å². The maximum absolute atomic E-state index is 2.98. The first-order valence-electron chi connectivity index (χ1n) is 20.8. The Kier molecular flexibility index (Phi) is 14.7. The fourth-order valence-electron chi connectivity index (χ4n) is 12.6. The molecule has 3 aliphatic carbocycles. The van der Waals surface area contributed by atoms with E-state index in [1.807, 2.05) is 11.1 Å². The minimum Gasteiger partial charge on any atom is -0.0667 e. The van der Waals surface area contributed by atoms with Gasteiger partial charge in [0, 0.05) is 5.41 Å². The molecule has 0 heteroatoms. The lowest BCUT2D eigenvalue weighted by Gasteiger charge is -2.72. The molecule has 0 aliphatic heterocycles. The van der Waals surface area contributed by atoms with E-state index in [0.29, 0.717) is 10.8 Å². The topological polar surface area (TPSA) is 0 Å². The first-order chi connectivity index (χ1) is 22.0. The van der Waals surface area contributed by atoms with Crippen LogP contribution in [-0.4, -0.2) is 0 Å². The molecular weight excluding hydrogens is 540 g/mol. The van der Waals surface area contributed by atoms with Gasteiger partial charge < -0.3 is 0 Å². The van der Waals surface area contributed by atoms with Gasteiger partial charge in [-0.05, 0) is 111 Å². The van der Waals surface area contributed by atoms with Crippen LogP contribution < -0.4 is 0 Å². The summed E-state index contributed by atoms with van der Waals surface area (Å²) in [4.78, 5) is 0. The quantitative estimate of drug-likeness (QED) is 0.107. The largest absolute Gasteiger partial charge is 0.0667 e. The van der Waals surface area contributed by atoms with Crippen molar-refractivity contribution in [1.29, 1.82) is 0 Å². The van der Waals surface area contributed by atoms with Gasteiger partial charge >= 0.3 is 0 Å². The van der Waals surface area contributed by atoms with Crippen LogP contribution in [-0.2, 0) is 6.42 Å². The van der Waals surface area contributed by atoms with E-state index >= 15 is 0 Å². The van der Waals surface area contributed by atoms with Crippen LogP contribution in [0.5, 0.6) is 0 Å². The molecule has 0 aromatic heterocycles. The number of hydrogen-bond acceptors (Lipinski definition) is 0. The lowest BCUT2D eigenvalue weighted by Crippen LogP contribution is -2.66. The fourth-order valence-corrected chi connectivity index (χ4v) is 12.6. The molecule has 1 aromatic rings. The zero-order valence-electron chi connectivity index (χ0n) is 31.3. The lowest BCUT2D eigenvalue weighted by atomic mass is 9.32. The van der Waals surface area contributed by atoms with Crippen LogP contribution in [0.25, 0.3) is 0 Å². The molecule has 0 amide bonds. The van der Waals surface area contributed by atoms with Crippen molar-refractivity contribution in [1.82, 2.24) is 0 Å². The van der Waals surface area contributed by atoms with Gasteiger partial charge in [-0.3, -0.25) is 0 Å². The Morgan fingerprint density at radius 2 is 1.24 bits per heavy atom. The van der Waals surface area contributed by atoms with Gasteiger partial charge in [-0.2, -0.15) is 0 Å². The fraction of sp³-hybridized carbons (Fsp3) is 0.822. The second-order valence-electron chi connectivity index (χ2n) is 16.4. The van der Waals surface area contributed by atoms with E-state index in [2.05, 4.69) is 71.9 Å². The van der Waals surface area contributed by atoms with Crippen molar-refractivity contribution >= 4 is 0 Å². The highest BCUT2D eigenvalue weighted by Gasteiger charge is 2.69. The van der Waals surface area contributed by atoms with Gasteiger partial charge in [0.2, 0.25) is 0 Å². The van der Waals surface area contributed by atoms with Crippen LogP contribution in [0.15, 0.2) is 41.5 Å². The van der Waals surface area contributed by atoms with E-state index in [9.17, 15) is 0 Å². The van der Waals surface area contributed by atoms with Crippen molar-refractivity contribution < 1.29 is 0 Å². The lowest BCUT2D eigenvalue weighted by molar-refractivity contribution is -0.189. The highest BCUT2D eigenvalue weighted by molar-refractivity contribution is 5.40. The van der Waals surface area contributed by atoms with Crippen molar-refractivity contribution in [2.75, 3.05) is 0 Å². The van der Waals surface area contributed by atoms with Gasteiger partial charge in [0.15, 0.2) is 0 Å². The van der Waals surface area contributed by atoms with Crippen LogP contribution in [0.1, 0.15) is 201 Å². The average molecular weight is 617 g/mol. The summed E-state index contributed by atoms with van der Waals surface area (Å²) in [7, 11) is 0. The molecule has 0 heterocycles. The highest BCUT2D eigenvalue weighted by atomic mass is 14.7. The molecule has 256 valence electrons. The number of unbranched alkanes of at least 4 members (excludes halogenated alkanes) is 6. The second-order valence-corrected chi connectivity index (χ2v) is 16.4. The molecule has 4 rings (SSSR count). The van der Waals surface area contributed by atoms with Crippen molar-refractivity contribution in [3.63, 3.8) is 0 Å². The summed E-state index contributed by atoms with van der Waals surface area (Å²) in [5.74, 6) is 2.57. The van der Waals surface area contributed by atoms with E-state index < -0.39 is 0 Å². The van der Waals surface area contributed by atoms with Crippen LogP contribution >= 0.6 is 0 Å². The van der Waals surface area contributed by atoms with Gasteiger partial charge in [0.05, 0.1) is 0 Å². The summed E-state index contributed by atoms with van der Waals surface area (Å²) in [6.45, 7) is 15.5. The molecule has 0 bridgehead atoms. The van der Waals surface area contributed by atoms with E-state index in [0.717, 1.165) is 17.8 Å². The molecule has 2 fully saturated rings. The molecule has 45 heavy (non-hydrogen) atoms. The minimum absolute atomic E-state index is 0.286. The summed E-state index contributed by atoms with van der Waals surface area (Å²) in [5, 5.41) is 0. The Morgan fingerprint density at radius 1 is 0.622 bits per heavy atom. The Hall–Kier alpha value is -1.04. The van der Waals surface area contributed by atoms with E-state index in [-0.39, 0.29) is 5.41 Å². The SMILES string of the molecule is CCCCCCC1C(CCCCC)=C(CCCC)C(CCC)(Cc2ccccc2)C(CC)(C2CCCCC2)C1(C)C1CCCC1. The molecule has 2 saturated carbocycles. The van der Waals surface area contributed by atoms with Gasteiger partial charge in [0.1, 0.15) is 0 Å². The summed E-state index contributed by atoms with van der Waals surface area (Å²) < 4.78 is 0. The standard InChI is InChI=1S/C45H76/c1-7-12-15-23-34-41-40(32-18-13-8-2)42(33-14-9-3)44(35-10-4,36-37-26-19-16-20-27-37)45(11-5,39-30-21-17-22-31-39)43(41,6)38-28-24-25-29-38/h16,19-20,26-27,38-39,41H,7-15,17-18,21-25,28-36H2,1-6H3. The molecular formula is C45H76. The summed E-state index contributed by atoms with van der Waals surface area (Å²) in [5.41, 5.74) is 6.76. The number of rotatable bonds is 19. The Labute approximate surface area is 282 Å². The van der Waals surface area contributed by atoms with Gasteiger partial charge in [0.25, 0.3) is 0 Å². The van der Waals surface area contributed by atoms with Crippen molar-refractivity contribution in [2.24, 2.45) is 34.0 Å². The van der Waals surface area contributed by atoms with Crippen LogP contribution in [0.4, 0.5) is 0 Å². The van der Waals surface area contributed by atoms with Crippen molar-refractivity contribution in [3.8, 4) is 0 Å².